The minimum absolute atomic E-state index is 0.0300. The Morgan fingerprint density at radius 3 is 2.20 bits per heavy atom. The first-order valence-electron chi connectivity index (χ1n) is 14.0. The number of carbonyl (C=O) groups excluding carboxylic acids is 3. The van der Waals surface area contributed by atoms with Crippen LogP contribution in [0.4, 0.5) is 13.2 Å². The molecule has 45 heavy (non-hydrogen) atoms. The standard InChI is InChI=1S/C24H36B2F3N4O11P/c1-7-9(2)16-20(45-26-25-37)10(3)17(22(42-16)44-23(30)24(27,28)29)43-21-15(32-33-31)19(40-13(6)36)18(39-12(5)35)14(41-21)8-38-11(4)34/h9-10,14-22,26,30,45H,7-8H2,1-6H3/t9-,10+,14?,15?,16?,17?,18+,19?,20-,21+,22?/m0/s1. The maximum absolute atomic E-state index is 13.4. The molecule has 2 heterocycles. The Morgan fingerprint density at radius 1 is 1.07 bits per heavy atom. The van der Waals surface area contributed by atoms with Gasteiger partial charge in [0.1, 0.15) is 0 Å². The number of nitrogens with one attached hydrogen (secondary N) is 1. The molecule has 2 rings (SSSR count). The summed E-state index contributed by atoms with van der Waals surface area (Å²) in [4.78, 5) is 38.4. The van der Waals surface area contributed by atoms with E-state index in [-0.39, 0.29) is 21.3 Å². The third-order valence-corrected chi connectivity index (χ3v) is 9.01. The SMILES string of the molecule is CC[C@H](C)C1OC(OC(=N)C(F)(F)F)C(O[C@H]2OC(COC(C)=O)[C@@H](OC(C)=O)C(OC(C)=O)C2N=[N+]=[N-])[C@@H](C)[C@@H]1PBB=O. The number of ether oxygens (including phenoxy) is 7. The van der Waals surface area contributed by atoms with Crippen LogP contribution in [0.5, 0.6) is 0 Å². The molecule has 0 aromatic carbocycles. The molecule has 21 heteroatoms. The van der Waals surface area contributed by atoms with Gasteiger partial charge in [-0.1, -0.05) is 0 Å². The van der Waals surface area contributed by atoms with Crippen LogP contribution in [0.1, 0.15) is 48.0 Å². The summed E-state index contributed by atoms with van der Waals surface area (Å²) in [7, 11) is 0.675. The van der Waals surface area contributed by atoms with E-state index in [9.17, 15) is 37.8 Å². The van der Waals surface area contributed by atoms with E-state index in [1.54, 1.807) is 6.92 Å². The second kappa shape index (κ2) is 17.2. The first kappa shape index (κ1) is 38.4. The van der Waals surface area contributed by atoms with Gasteiger partial charge < -0.3 is 0 Å². The average molecular weight is 666 g/mol. The second-order valence-corrected chi connectivity index (χ2v) is 12.0. The molecule has 2 aliphatic rings. The Morgan fingerprint density at radius 2 is 1.69 bits per heavy atom. The van der Waals surface area contributed by atoms with E-state index < -0.39 is 97.3 Å². The molecule has 0 aromatic heterocycles. The van der Waals surface area contributed by atoms with E-state index in [0.29, 0.717) is 13.5 Å². The predicted molar refractivity (Wildman–Crippen MR) is 152 cm³/mol. The fourth-order valence-electron chi connectivity index (χ4n) is 5.08. The number of hydrogen-bond acceptors (Lipinski definition) is 13. The van der Waals surface area contributed by atoms with Crippen molar-refractivity contribution >= 4 is 46.2 Å². The fraction of sp³-hybridized carbons (Fsp3) is 0.833. The summed E-state index contributed by atoms with van der Waals surface area (Å²) in [6.45, 7) is 8.07. The molecule has 12 atom stereocenters. The molecule has 2 saturated heterocycles. The first-order chi connectivity index (χ1) is 21.0. The number of rotatable bonds is 13. The van der Waals surface area contributed by atoms with Crippen molar-refractivity contribution in [2.24, 2.45) is 17.0 Å². The molecule has 0 radical (unpaired) electrons. The van der Waals surface area contributed by atoms with Gasteiger partial charge >= 0.3 is 237 Å². The summed E-state index contributed by atoms with van der Waals surface area (Å²) in [5.41, 5.74) is 8.95. The zero-order valence-corrected chi connectivity index (χ0v) is 26.5. The van der Waals surface area contributed by atoms with Crippen molar-refractivity contribution in [3.05, 3.63) is 10.4 Å². The third-order valence-electron chi connectivity index (χ3n) is 7.28. The number of carbonyl (C=O) groups is 3. The van der Waals surface area contributed by atoms with Crippen molar-refractivity contribution in [2.45, 2.75) is 109 Å². The van der Waals surface area contributed by atoms with Gasteiger partial charge in [0.05, 0.1) is 0 Å². The Bertz CT molecular complexity index is 1140. The van der Waals surface area contributed by atoms with Crippen LogP contribution in [0.25, 0.3) is 10.4 Å². The third kappa shape index (κ3) is 10.6. The first-order valence-corrected chi connectivity index (χ1v) is 15.3. The van der Waals surface area contributed by atoms with Crippen molar-refractivity contribution in [3.63, 3.8) is 0 Å². The van der Waals surface area contributed by atoms with Crippen LogP contribution in [-0.2, 0) is 52.2 Å². The summed E-state index contributed by atoms with van der Waals surface area (Å²) in [6, 6.07) is -1.59. The van der Waals surface area contributed by atoms with Crippen molar-refractivity contribution in [1.82, 2.24) is 0 Å². The van der Waals surface area contributed by atoms with Gasteiger partial charge in [-0.3, -0.25) is 9.59 Å². The number of hydrogen-bond donors (Lipinski definition) is 1. The van der Waals surface area contributed by atoms with E-state index in [4.69, 9.17) is 38.6 Å². The quantitative estimate of drug-likeness (QED) is 0.0348. The molecule has 0 aromatic rings. The average Bonchev–Trinajstić information content (AvgIpc) is 2.94. The van der Waals surface area contributed by atoms with Crippen LogP contribution < -0.4 is 0 Å². The molecule has 7 unspecified atom stereocenters. The Hall–Kier alpha value is -2.78. The van der Waals surface area contributed by atoms with Crippen LogP contribution in [0.2, 0.25) is 0 Å². The zero-order valence-electron chi connectivity index (χ0n) is 25.5. The van der Waals surface area contributed by atoms with Crippen LogP contribution >= 0.6 is 8.46 Å². The van der Waals surface area contributed by atoms with Crippen LogP contribution in [0, 0.1) is 17.2 Å². The normalized spacial score (nSPS) is 32.4. The van der Waals surface area contributed by atoms with Crippen molar-refractivity contribution in [2.75, 3.05) is 6.61 Å². The van der Waals surface area contributed by atoms with Gasteiger partial charge in [-0.05, 0) is 0 Å². The Balaban J connectivity index is 2.63. The molecule has 15 nitrogen and oxygen atoms in total. The summed E-state index contributed by atoms with van der Waals surface area (Å²) in [6.07, 6.45) is -14.7. The molecule has 1 N–H and O–H groups in total. The molecule has 2 aliphatic heterocycles. The monoisotopic (exact) mass is 666 g/mol. The van der Waals surface area contributed by atoms with Crippen LogP contribution in [0.3, 0.4) is 0 Å². The number of esters is 3. The molecule has 0 amide bonds. The second-order valence-electron chi connectivity index (χ2n) is 10.5. The van der Waals surface area contributed by atoms with E-state index in [1.165, 1.54) is 0 Å². The molecule has 0 aliphatic carbocycles. The molecular formula is C24H36B2F3N4O11P. The van der Waals surface area contributed by atoms with E-state index >= 15 is 0 Å². The number of alkyl halides is 3. The van der Waals surface area contributed by atoms with Crippen LogP contribution in [-0.4, -0.2) is 105 Å². The van der Waals surface area contributed by atoms with Crippen molar-refractivity contribution in [3.8, 4) is 0 Å². The summed E-state index contributed by atoms with van der Waals surface area (Å²) in [5.74, 6) is -5.43. The number of azide groups is 1. The van der Waals surface area contributed by atoms with E-state index in [0.717, 1.165) is 20.8 Å². The molecular weight excluding hydrogens is 630 g/mol. The molecule has 2 fully saturated rings. The number of halogens is 3. The molecule has 0 saturated carbocycles. The van der Waals surface area contributed by atoms with E-state index in [1.807, 2.05) is 13.8 Å². The topological polar surface area (TPSA) is 206 Å². The van der Waals surface area contributed by atoms with Crippen molar-refractivity contribution < 1.29 is 65.4 Å². The number of nitrogens with zero attached hydrogens (tertiary/aromatic N) is 3. The summed E-state index contributed by atoms with van der Waals surface area (Å²) >= 11 is 0. The molecule has 0 bridgehead atoms. The van der Waals surface area contributed by atoms with Gasteiger partial charge in [-0.15, -0.1) is 0 Å². The molecule has 0 spiro atoms. The Kier molecular flexibility index (Phi) is 14.7. The summed E-state index contributed by atoms with van der Waals surface area (Å²) in [5, 5.41) is 11.1. The predicted octanol–water partition coefficient (Wildman–Crippen LogP) is 2.53. The van der Waals surface area contributed by atoms with Gasteiger partial charge in [-0.2, -0.15) is 0 Å². The van der Waals surface area contributed by atoms with Gasteiger partial charge in [0, 0.05) is 13.8 Å². The van der Waals surface area contributed by atoms with Gasteiger partial charge in [-0.25, -0.2) is 0 Å². The van der Waals surface area contributed by atoms with E-state index in [2.05, 4.69) is 10.0 Å². The van der Waals surface area contributed by atoms with Gasteiger partial charge in [0.15, 0.2) is 0 Å². The van der Waals surface area contributed by atoms with Crippen LogP contribution in [0.15, 0.2) is 5.11 Å². The fourth-order valence-corrected chi connectivity index (χ4v) is 6.64. The zero-order chi connectivity index (χ0) is 34.1. The molecule has 250 valence electrons. The Labute approximate surface area is 260 Å². The summed E-state index contributed by atoms with van der Waals surface area (Å²) < 4.78 is 90.4. The van der Waals surface area contributed by atoms with Crippen molar-refractivity contribution in [1.29, 1.82) is 5.41 Å². The van der Waals surface area contributed by atoms with Gasteiger partial charge in [0.25, 0.3) is 0 Å². The maximum atomic E-state index is 13.4. The van der Waals surface area contributed by atoms with Gasteiger partial charge in [0.2, 0.25) is 0 Å². The minimum atomic E-state index is -5.17.